The van der Waals surface area contributed by atoms with Crippen LogP contribution in [0.2, 0.25) is 0 Å². The molecule has 1 aliphatic rings. The van der Waals surface area contributed by atoms with Crippen molar-refractivity contribution in [3.05, 3.63) is 28.6 Å². The Labute approximate surface area is 104 Å². The monoisotopic (exact) mass is 250 g/mol. The molecule has 0 aliphatic heterocycles. The minimum Gasteiger partial charge on any atom is -0.398 e. The lowest BCUT2D eigenvalue weighted by molar-refractivity contribution is -0.120. The van der Waals surface area contributed by atoms with Crippen molar-refractivity contribution in [3.63, 3.8) is 0 Å². The van der Waals surface area contributed by atoms with Crippen molar-refractivity contribution in [2.24, 2.45) is 5.73 Å². The second-order valence-electron chi connectivity index (χ2n) is 4.78. The topological polar surface area (TPSA) is 86.2 Å². The minimum atomic E-state index is -1.52. The summed E-state index contributed by atoms with van der Waals surface area (Å²) < 4.78 is 13.6. The molecule has 4 N–H and O–H groups in total. The standard InChI is InChI=1S/C13H15FN2O2/c1-6-8-3-4-13(16,7(2)17)12(18)11(8)10(15)5-9(6)14/h5H,3-4,15-16H2,1-2H3. The number of hydrogen-bond donors (Lipinski definition) is 2. The fraction of sp³-hybridized carbons (Fsp3) is 0.385. The number of hydrogen-bond acceptors (Lipinski definition) is 4. The number of Topliss-reactive ketones (excluding diaryl/α,β-unsaturated/α-hetero) is 2. The van der Waals surface area contributed by atoms with E-state index in [-0.39, 0.29) is 23.5 Å². The van der Waals surface area contributed by atoms with Crippen LogP contribution in [0, 0.1) is 12.7 Å². The van der Waals surface area contributed by atoms with Crippen LogP contribution in [-0.4, -0.2) is 17.1 Å². The number of nitrogens with two attached hydrogens (primary N) is 2. The van der Waals surface area contributed by atoms with Gasteiger partial charge in [0.2, 0.25) is 0 Å². The van der Waals surface area contributed by atoms with Crippen LogP contribution in [-0.2, 0) is 11.2 Å². The van der Waals surface area contributed by atoms with Gasteiger partial charge in [-0.1, -0.05) is 0 Å². The number of fused-ring (bicyclic) bond motifs is 1. The molecule has 4 nitrogen and oxygen atoms in total. The van der Waals surface area contributed by atoms with Crippen molar-refractivity contribution in [3.8, 4) is 0 Å². The quantitative estimate of drug-likeness (QED) is 0.578. The molecule has 0 bridgehead atoms. The van der Waals surface area contributed by atoms with Gasteiger partial charge in [-0.25, -0.2) is 4.39 Å². The van der Waals surface area contributed by atoms with E-state index in [4.69, 9.17) is 11.5 Å². The zero-order valence-corrected chi connectivity index (χ0v) is 10.3. The Balaban J connectivity index is 2.68. The lowest BCUT2D eigenvalue weighted by Crippen LogP contribution is -2.56. The van der Waals surface area contributed by atoms with Crippen LogP contribution in [0.15, 0.2) is 6.07 Å². The van der Waals surface area contributed by atoms with Crippen LogP contribution < -0.4 is 11.5 Å². The summed E-state index contributed by atoms with van der Waals surface area (Å²) in [5, 5.41) is 0. The van der Waals surface area contributed by atoms with Gasteiger partial charge in [0.05, 0.1) is 0 Å². The number of carbonyl (C=O) groups is 2. The highest BCUT2D eigenvalue weighted by Crippen LogP contribution is 2.34. The molecule has 18 heavy (non-hydrogen) atoms. The summed E-state index contributed by atoms with van der Waals surface area (Å²) in [7, 11) is 0. The van der Waals surface area contributed by atoms with E-state index in [1.54, 1.807) is 6.92 Å². The molecule has 0 amide bonds. The molecular weight excluding hydrogens is 235 g/mol. The Hall–Kier alpha value is -1.75. The summed E-state index contributed by atoms with van der Waals surface area (Å²) >= 11 is 0. The molecule has 0 aromatic heterocycles. The summed E-state index contributed by atoms with van der Waals surface area (Å²) in [6, 6.07) is 1.11. The number of ketones is 2. The molecule has 0 heterocycles. The first kappa shape index (κ1) is 12.7. The molecular formula is C13H15FN2O2. The van der Waals surface area contributed by atoms with Gasteiger partial charge >= 0.3 is 0 Å². The Kier molecular flexibility index (Phi) is 2.74. The minimum absolute atomic E-state index is 0.0499. The smallest absolute Gasteiger partial charge is 0.192 e. The van der Waals surface area contributed by atoms with E-state index in [2.05, 4.69) is 0 Å². The van der Waals surface area contributed by atoms with Crippen molar-refractivity contribution in [1.29, 1.82) is 0 Å². The van der Waals surface area contributed by atoms with Crippen LogP contribution in [0.3, 0.4) is 0 Å². The fourth-order valence-corrected chi connectivity index (χ4v) is 2.40. The van der Waals surface area contributed by atoms with Crippen LogP contribution in [0.25, 0.3) is 0 Å². The van der Waals surface area contributed by atoms with E-state index in [9.17, 15) is 14.0 Å². The van der Waals surface area contributed by atoms with Crippen molar-refractivity contribution in [1.82, 2.24) is 0 Å². The molecule has 5 heteroatoms. The van der Waals surface area contributed by atoms with Gasteiger partial charge in [-0.2, -0.15) is 0 Å². The number of rotatable bonds is 1. The predicted octanol–water partition coefficient (Wildman–Crippen LogP) is 1.13. The van der Waals surface area contributed by atoms with E-state index in [0.29, 0.717) is 17.5 Å². The molecule has 1 unspecified atom stereocenters. The largest absolute Gasteiger partial charge is 0.398 e. The maximum absolute atomic E-state index is 13.6. The molecule has 0 fully saturated rings. The van der Waals surface area contributed by atoms with E-state index >= 15 is 0 Å². The average molecular weight is 250 g/mol. The number of halogens is 1. The second-order valence-corrected chi connectivity index (χ2v) is 4.78. The van der Waals surface area contributed by atoms with Crippen LogP contribution >= 0.6 is 0 Å². The molecule has 0 saturated carbocycles. The van der Waals surface area contributed by atoms with Gasteiger partial charge in [0.15, 0.2) is 11.6 Å². The Morgan fingerprint density at radius 1 is 1.50 bits per heavy atom. The molecule has 1 aliphatic carbocycles. The first-order valence-corrected chi connectivity index (χ1v) is 5.71. The van der Waals surface area contributed by atoms with Gasteiger partial charge < -0.3 is 11.5 Å². The highest BCUT2D eigenvalue weighted by molar-refractivity contribution is 6.21. The Bertz CT molecular complexity index is 569. The maximum Gasteiger partial charge on any atom is 0.192 e. The molecule has 1 atom stereocenters. The lowest BCUT2D eigenvalue weighted by Gasteiger charge is -2.32. The summed E-state index contributed by atoms with van der Waals surface area (Å²) in [5.74, 6) is -1.33. The van der Waals surface area contributed by atoms with Crippen molar-refractivity contribution < 1.29 is 14.0 Å². The van der Waals surface area contributed by atoms with Gasteiger partial charge in [0.1, 0.15) is 11.4 Å². The number of nitrogen functional groups attached to an aromatic ring is 1. The van der Waals surface area contributed by atoms with Gasteiger partial charge in [-0.15, -0.1) is 0 Å². The lowest BCUT2D eigenvalue weighted by atomic mass is 9.73. The third-order valence-electron chi connectivity index (χ3n) is 3.71. The summed E-state index contributed by atoms with van der Waals surface area (Å²) in [4.78, 5) is 23.9. The van der Waals surface area contributed by atoms with E-state index in [0.717, 1.165) is 6.07 Å². The summed E-state index contributed by atoms with van der Waals surface area (Å²) in [5.41, 5.74) is 11.3. The zero-order valence-electron chi connectivity index (χ0n) is 10.3. The normalized spacial score (nSPS) is 22.8. The highest BCUT2D eigenvalue weighted by atomic mass is 19.1. The van der Waals surface area contributed by atoms with Crippen molar-refractivity contribution in [2.45, 2.75) is 32.2 Å². The molecule has 1 aromatic rings. The molecule has 0 spiro atoms. The van der Waals surface area contributed by atoms with Gasteiger partial charge in [0.25, 0.3) is 0 Å². The van der Waals surface area contributed by atoms with Crippen LogP contribution in [0.5, 0.6) is 0 Å². The zero-order chi connectivity index (χ0) is 13.7. The number of anilines is 1. The molecule has 1 aromatic carbocycles. The molecule has 0 saturated heterocycles. The first-order chi connectivity index (χ1) is 8.29. The van der Waals surface area contributed by atoms with E-state index in [1.807, 2.05) is 0 Å². The van der Waals surface area contributed by atoms with Gasteiger partial charge in [0, 0.05) is 11.3 Å². The maximum atomic E-state index is 13.6. The van der Waals surface area contributed by atoms with E-state index < -0.39 is 17.1 Å². The van der Waals surface area contributed by atoms with Crippen LogP contribution in [0.1, 0.15) is 34.8 Å². The predicted molar refractivity (Wildman–Crippen MR) is 65.8 cm³/mol. The Morgan fingerprint density at radius 2 is 2.11 bits per heavy atom. The second kappa shape index (κ2) is 3.88. The van der Waals surface area contributed by atoms with Gasteiger partial charge in [-0.05, 0) is 43.9 Å². The molecule has 96 valence electrons. The average Bonchev–Trinajstić information content (AvgIpc) is 2.29. The summed E-state index contributed by atoms with van der Waals surface area (Å²) in [6.45, 7) is 2.88. The Morgan fingerprint density at radius 3 is 2.67 bits per heavy atom. The molecule has 0 radical (unpaired) electrons. The SMILES string of the molecule is CC(=O)C1(N)CCc2c(C)c(F)cc(N)c2C1=O. The summed E-state index contributed by atoms with van der Waals surface area (Å²) in [6.07, 6.45) is 0.572. The third-order valence-corrected chi connectivity index (χ3v) is 3.71. The highest BCUT2D eigenvalue weighted by Gasteiger charge is 2.44. The molecule has 2 rings (SSSR count). The van der Waals surface area contributed by atoms with Gasteiger partial charge in [-0.3, -0.25) is 9.59 Å². The first-order valence-electron chi connectivity index (χ1n) is 5.71. The van der Waals surface area contributed by atoms with Crippen molar-refractivity contribution in [2.75, 3.05) is 5.73 Å². The fourth-order valence-electron chi connectivity index (χ4n) is 2.40. The third kappa shape index (κ3) is 1.54. The van der Waals surface area contributed by atoms with Crippen molar-refractivity contribution >= 4 is 17.3 Å². The number of benzene rings is 1. The number of carbonyl (C=O) groups excluding carboxylic acids is 2. The van der Waals surface area contributed by atoms with E-state index in [1.165, 1.54) is 6.92 Å². The van der Waals surface area contributed by atoms with Crippen LogP contribution in [0.4, 0.5) is 10.1 Å².